The van der Waals surface area contributed by atoms with Gasteiger partial charge in [-0.15, -0.1) is 0 Å². The number of rotatable bonds is 6. The summed E-state index contributed by atoms with van der Waals surface area (Å²) in [7, 11) is 0. The molecule has 20 heavy (non-hydrogen) atoms. The van der Waals surface area contributed by atoms with Crippen molar-refractivity contribution in [1.29, 1.82) is 0 Å². The van der Waals surface area contributed by atoms with Crippen LogP contribution in [-0.4, -0.2) is 23.0 Å². The highest BCUT2D eigenvalue weighted by molar-refractivity contribution is 5.90. The molecule has 1 aromatic rings. The minimum absolute atomic E-state index is 0.141. The maximum absolute atomic E-state index is 12.1. The minimum Gasteiger partial charge on any atom is -0.332 e. The average molecular weight is 277 g/mol. The van der Waals surface area contributed by atoms with Gasteiger partial charge in [-0.05, 0) is 32.4 Å². The van der Waals surface area contributed by atoms with E-state index in [2.05, 4.69) is 6.92 Å². The first kappa shape index (κ1) is 16.2. The molecule has 0 aliphatic rings. The molecule has 1 amide bonds. The van der Waals surface area contributed by atoms with Crippen molar-refractivity contribution in [2.45, 2.75) is 52.5 Å². The van der Waals surface area contributed by atoms with Gasteiger partial charge in [-0.2, -0.15) is 5.06 Å². The van der Waals surface area contributed by atoms with E-state index in [4.69, 9.17) is 4.84 Å². The third kappa shape index (κ3) is 5.03. The van der Waals surface area contributed by atoms with Crippen LogP contribution >= 0.6 is 0 Å². The SMILES string of the molecule is CCCCCC(=O)N(OC(=O)c1ccccc1)C(C)C. The molecule has 0 aliphatic heterocycles. The molecule has 0 saturated heterocycles. The van der Waals surface area contributed by atoms with Crippen molar-refractivity contribution in [2.24, 2.45) is 0 Å². The molecule has 0 saturated carbocycles. The zero-order chi connectivity index (χ0) is 15.0. The standard InChI is InChI=1S/C16H23NO3/c1-4-5-7-12-15(18)17(13(2)3)20-16(19)14-10-8-6-9-11-14/h6,8-11,13H,4-5,7,12H2,1-3H3. The Bertz CT molecular complexity index is 429. The maximum atomic E-state index is 12.1. The van der Waals surface area contributed by atoms with Crippen LogP contribution < -0.4 is 0 Å². The molecule has 0 atom stereocenters. The van der Waals surface area contributed by atoms with Crippen LogP contribution in [-0.2, 0) is 9.63 Å². The quantitative estimate of drug-likeness (QED) is 0.590. The van der Waals surface area contributed by atoms with Gasteiger partial charge in [-0.3, -0.25) is 4.79 Å². The molecule has 0 bridgehead atoms. The molecule has 4 nitrogen and oxygen atoms in total. The van der Waals surface area contributed by atoms with Gasteiger partial charge < -0.3 is 4.84 Å². The van der Waals surface area contributed by atoms with Gasteiger partial charge in [0.1, 0.15) is 0 Å². The van der Waals surface area contributed by atoms with Crippen molar-refractivity contribution < 1.29 is 14.4 Å². The average Bonchev–Trinajstić information content (AvgIpc) is 2.45. The van der Waals surface area contributed by atoms with E-state index < -0.39 is 5.97 Å². The summed E-state index contributed by atoms with van der Waals surface area (Å²) < 4.78 is 0. The zero-order valence-electron chi connectivity index (χ0n) is 12.5. The topological polar surface area (TPSA) is 46.6 Å². The molecule has 4 heteroatoms. The summed E-state index contributed by atoms with van der Waals surface area (Å²) in [6.07, 6.45) is 3.29. The van der Waals surface area contributed by atoms with Gasteiger partial charge in [-0.1, -0.05) is 38.0 Å². The normalized spacial score (nSPS) is 10.4. The first-order chi connectivity index (χ1) is 9.56. The molecule has 0 N–H and O–H groups in total. The predicted octanol–water partition coefficient (Wildman–Crippen LogP) is 3.58. The van der Waals surface area contributed by atoms with Crippen LogP contribution in [0.2, 0.25) is 0 Å². The third-order valence-electron chi connectivity index (χ3n) is 2.90. The highest BCUT2D eigenvalue weighted by Gasteiger charge is 2.22. The van der Waals surface area contributed by atoms with Gasteiger partial charge in [-0.25, -0.2) is 4.79 Å². The lowest BCUT2D eigenvalue weighted by atomic mass is 10.2. The number of carbonyl (C=O) groups is 2. The van der Waals surface area contributed by atoms with E-state index in [9.17, 15) is 9.59 Å². The van der Waals surface area contributed by atoms with E-state index in [0.29, 0.717) is 12.0 Å². The van der Waals surface area contributed by atoms with E-state index in [1.54, 1.807) is 24.3 Å². The summed E-state index contributed by atoms with van der Waals surface area (Å²) in [6.45, 7) is 5.74. The van der Waals surface area contributed by atoms with Gasteiger partial charge in [0.25, 0.3) is 5.91 Å². The molecule has 0 aliphatic carbocycles. The number of hydroxylamine groups is 2. The Morgan fingerprint density at radius 2 is 1.80 bits per heavy atom. The molecule has 0 spiro atoms. The van der Waals surface area contributed by atoms with Gasteiger partial charge in [0.2, 0.25) is 0 Å². The summed E-state index contributed by atoms with van der Waals surface area (Å²) in [5.74, 6) is -0.638. The second kappa shape index (κ2) is 8.35. The second-order valence-corrected chi connectivity index (χ2v) is 5.02. The number of carbonyl (C=O) groups excluding carboxylic acids is 2. The molecule has 0 unspecified atom stereocenters. The summed E-state index contributed by atoms with van der Waals surface area (Å²) in [5, 5.41) is 1.19. The fourth-order valence-electron chi connectivity index (χ4n) is 1.80. The van der Waals surface area contributed by atoms with Crippen molar-refractivity contribution >= 4 is 11.9 Å². The van der Waals surface area contributed by atoms with Crippen LogP contribution in [0.1, 0.15) is 56.8 Å². The summed E-state index contributed by atoms with van der Waals surface area (Å²) in [5.41, 5.74) is 0.444. The van der Waals surface area contributed by atoms with Crippen LogP contribution in [0.5, 0.6) is 0 Å². The number of benzene rings is 1. The molecule has 1 rings (SSSR count). The third-order valence-corrected chi connectivity index (χ3v) is 2.90. The summed E-state index contributed by atoms with van der Waals surface area (Å²) in [4.78, 5) is 29.3. The van der Waals surface area contributed by atoms with Crippen LogP contribution in [0.15, 0.2) is 30.3 Å². The van der Waals surface area contributed by atoms with Gasteiger partial charge in [0.15, 0.2) is 0 Å². The first-order valence-corrected chi connectivity index (χ1v) is 7.15. The molecular formula is C16H23NO3. The van der Waals surface area contributed by atoms with Crippen LogP contribution in [0, 0.1) is 0 Å². The molecule has 0 aromatic heterocycles. The van der Waals surface area contributed by atoms with Crippen molar-refractivity contribution in [1.82, 2.24) is 5.06 Å². The minimum atomic E-state index is -0.497. The first-order valence-electron chi connectivity index (χ1n) is 7.15. The molecule has 0 fully saturated rings. The van der Waals surface area contributed by atoms with Gasteiger partial charge in [0, 0.05) is 6.42 Å². The highest BCUT2D eigenvalue weighted by atomic mass is 16.7. The number of amides is 1. The highest BCUT2D eigenvalue weighted by Crippen LogP contribution is 2.10. The summed E-state index contributed by atoms with van der Waals surface area (Å²) >= 11 is 0. The Hall–Kier alpha value is -1.84. The van der Waals surface area contributed by atoms with Gasteiger partial charge >= 0.3 is 5.97 Å². The Labute approximate surface area is 120 Å². The van der Waals surface area contributed by atoms with E-state index in [-0.39, 0.29) is 11.9 Å². The fourth-order valence-corrected chi connectivity index (χ4v) is 1.80. The predicted molar refractivity (Wildman–Crippen MR) is 78.0 cm³/mol. The Morgan fingerprint density at radius 3 is 2.35 bits per heavy atom. The van der Waals surface area contributed by atoms with Crippen LogP contribution in [0.4, 0.5) is 0 Å². The largest absolute Gasteiger partial charge is 0.363 e. The molecule has 0 radical (unpaired) electrons. The van der Waals surface area contributed by atoms with E-state index >= 15 is 0 Å². The van der Waals surface area contributed by atoms with Crippen LogP contribution in [0.25, 0.3) is 0 Å². The van der Waals surface area contributed by atoms with Crippen LogP contribution in [0.3, 0.4) is 0 Å². The lowest BCUT2D eigenvalue weighted by Gasteiger charge is -2.24. The second-order valence-electron chi connectivity index (χ2n) is 5.02. The number of hydrogen-bond donors (Lipinski definition) is 0. The lowest BCUT2D eigenvalue weighted by Crippen LogP contribution is -2.38. The number of nitrogens with zero attached hydrogens (tertiary/aromatic N) is 1. The monoisotopic (exact) mass is 277 g/mol. The Kier molecular flexibility index (Phi) is 6.77. The lowest BCUT2D eigenvalue weighted by molar-refractivity contribution is -0.175. The fraction of sp³-hybridized carbons (Fsp3) is 0.500. The van der Waals surface area contributed by atoms with Crippen molar-refractivity contribution in [3.63, 3.8) is 0 Å². The zero-order valence-corrected chi connectivity index (χ0v) is 12.5. The van der Waals surface area contributed by atoms with Crippen molar-refractivity contribution in [3.8, 4) is 0 Å². The Balaban J connectivity index is 2.63. The van der Waals surface area contributed by atoms with E-state index in [1.165, 1.54) is 5.06 Å². The Morgan fingerprint density at radius 1 is 1.15 bits per heavy atom. The molecular weight excluding hydrogens is 254 g/mol. The molecule has 0 heterocycles. The van der Waals surface area contributed by atoms with Crippen molar-refractivity contribution in [3.05, 3.63) is 35.9 Å². The number of unbranched alkanes of at least 4 members (excludes halogenated alkanes) is 2. The summed E-state index contributed by atoms with van der Waals surface area (Å²) in [6, 6.07) is 8.52. The van der Waals surface area contributed by atoms with Crippen molar-refractivity contribution in [2.75, 3.05) is 0 Å². The molecule has 110 valence electrons. The molecule has 1 aromatic carbocycles. The van der Waals surface area contributed by atoms with E-state index in [0.717, 1.165) is 19.3 Å². The van der Waals surface area contributed by atoms with E-state index in [1.807, 2.05) is 19.9 Å². The smallest absolute Gasteiger partial charge is 0.332 e. The maximum Gasteiger partial charge on any atom is 0.363 e. The number of hydrogen-bond acceptors (Lipinski definition) is 3. The van der Waals surface area contributed by atoms with Gasteiger partial charge in [0.05, 0.1) is 11.6 Å².